The first-order valence-electron chi connectivity index (χ1n) is 9.19. The Morgan fingerprint density at radius 2 is 1.79 bits per heavy atom. The van der Waals surface area contributed by atoms with Gasteiger partial charge in [0.15, 0.2) is 0 Å². The average molecular weight is 338 g/mol. The molecule has 4 amide bonds. The highest BCUT2D eigenvalue weighted by Gasteiger charge is 2.28. The SMILES string of the molecule is CCNC(=O)NC(=O)CN1CCC[C@H](C(=O)NC2CCCCC2)C1. The number of hydrogen-bond acceptors (Lipinski definition) is 4. The van der Waals surface area contributed by atoms with Crippen molar-refractivity contribution >= 4 is 17.8 Å². The molecule has 0 radical (unpaired) electrons. The molecule has 0 aromatic carbocycles. The molecule has 3 N–H and O–H groups in total. The molecule has 2 fully saturated rings. The maximum Gasteiger partial charge on any atom is 0.321 e. The largest absolute Gasteiger partial charge is 0.353 e. The van der Waals surface area contributed by atoms with Crippen LogP contribution in [0, 0.1) is 5.92 Å². The van der Waals surface area contributed by atoms with E-state index >= 15 is 0 Å². The number of carbonyl (C=O) groups excluding carboxylic acids is 3. The summed E-state index contributed by atoms with van der Waals surface area (Å²) in [6, 6.07) is -0.145. The number of urea groups is 1. The Morgan fingerprint density at radius 1 is 1.04 bits per heavy atom. The fourth-order valence-corrected chi connectivity index (χ4v) is 3.55. The van der Waals surface area contributed by atoms with Gasteiger partial charge in [-0.15, -0.1) is 0 Å². The number of piperidine rings is 1. The van der Waals surface area contributed by atoms with Gasteiger partial charge in [-0.1, -0.05) is 19.3 Å². The lowest BCUT2D eigenvalue weighted by molar-refractivity contribution is -0.129. The van der Waals surface area contributed by atoms with Crippen molar-refractivity contribution in [1.29, 1.82) is 0 Å². The molecule has 0 aromatic rings. The monoisotopic (exact) mass is 338 g/mol. The van der Waals surface area contributed by atoms with Gasteiger partial charge >= 0.3 is 6.03 Å². The number of nitrogens with one attached hydrogen (secondary N) is 3. The summed E-state index contributed by atoms with van der Waals surface area (Å²) < 4.78 is 0. The number of likely N-dealkylation sites (tertiary alicyclic amines) is 1. The van der Waals surface area contributed by atoms with Crippen molar-refractivity contribution in [3.8, 4) is 0 Å². The Balaban J connectivity index is 1.75. The summed E-state index contributed by atoms with van der Waals surface area (Å²) in [6.45, 7) is 3.80. The van der Waals surface area contributed by atoms with Crippen LogP contribution in [0.5, 0.6) is 0 Å². The fraction of sp³-hybridized carbons (Fsp3) is 0.824. The minimum absolute atomic E-state index is 0.0575. The molecule has 0 bridgehead atoms. The van der Waals surface area contributed by atoms with Gasteiger partial charge in [-0.3, -0.25) is 19.8 Å². The van der Waals surface area contributed by atoms with Crippen LogP contribution in [0.3, 0.4) is 0 Å². The minimum atomic E-state index is -0.467. The number of amides is 4. The van der Waals surface area contributed by atoms with E-state index in [0.29, 0.717) is 19.1 Å². The van der Waals surface area contributed by atoms with Gasteiger partial charge in [0.2, 0.25) is 11.8 Å². The van der Waals surface area contributed by atoms with Crippen LogP contribution in [0.15, 0.2) is 0 Å². The number of nitrogens with zero attached hydrogens (tertiary/aromatic N) is 1. The lowest BCUT2D eigenvalue weighted by Crippen LogP contribution is -2.50. The van der Waals surface area contributed by atoms with Crippen LogP contribution < -0.4 is 16.0 Å². The van der Waals surface area contributed by atoms with Gasteiger partial charge < -0.3 is 10.6 Å². The molecule has 2 aliphatic rings. The summed E-state index contributed by atoms with van der Waals surface area (Å²) in [7, 11) is 0. The molecule has 1 aliphatic carbocycles. The highest BCUT2D eigenvalue weighted by Crippen LogP contribution is 2.20. The van der Waals surface area contributed by atoms with Crippen molar-refractivity contribution in [2.45, 2.75) is 57.9 Å². The third-order valence-electron chi connectivity index (χ3n) is 4.79. The van der Waals surface area contributed by atoms with Crippen LogP contribution in [0.2, 0.25) is 0 Å². The normalized spacial score (nSPS) is 22.6. The van der Waals surface area contributed by atoms with Crippen LogP contribution in [0.4, 0.5) is 4.79 Å². The predicted molar refractivity (Wildman–Crippen MR) is 91.4 cm³/mol. The third kappa shape index (κ3) is 6.11. The highest BCUT2D eigenvalue weighted by atomic mass is 16.2. The molecule has 0 unspecified atom stereocenters. The van der Waals surface area contributed by atoms with Gasteiger partial charge in [0.1, 0.15) is 0 Å². The second-order valence-electron chi connectivity index (χ2n) is 6.83. The Hall–Kier alpha value is -1.63. The molecular weight excluding hydrogens is 308 g/mol. The molecule has 7 heteroatoms. The van der Waals surface area contributed by atoms with Crippen molar-refractivity contribution in [2.24, 2.45) is 5.92 Å². The molecule has 0 aromatic heterocycles. The van der Waals surface area contributed by atoms with Crippen molar-refractivity contribution in [1.82, 2.24) is 20.9 Å². The first kappa shape index (κ1) is 18.7. The van der Waals surface area contributed by atoms with E-state index in [9.17, 15) is 14.4 Å². The van der Waals surface area contributed by atoms with E-state index in [0.717, 1.165) is 32.2 Å². The molecule has 1 saturated heterocycles. The summed E-state index contributed by atoms with van der Waals surface area (Å²) in [6.07, 6.45) is 7.59. The Kier molecular flexibility index (Phi) is 7.49. The Labute approximate surface area is 143 Å². The second-order valence-corrected chi connectivity index (χ2v) is 6.83. The second kappa shape index (κ2) is 9.61. The standard InChI is InChI=1S/C17H30N4O3/c1-2-18-17(24)20-15(22)12-21-10-6-7-13(11-21)16(23)19-14-8-4-3-5-9-14/h13-14H,2-12H2,1H3,(H,19,23)(H2,18,20,22,24)/t13-/m0/s1. The molecule has 1 aliphatic heterocycles. The molecule has 2 rings (SSSR count). The van der Waals surface area contributed by atoms with Gasteiger partial charge in [0.25, 0.3) is 0 Å². The van der Waals surface area contributed by atoms with Gasteiger partial charge in [-0.2, -0.15) is 0 Å². The molecule has 1 heterocycles. The third-order valence-corrected chi connectivity index (χ3v) is 4.79. The van der Waals surface area contributed by atoms with Crippen molar-refractivity contribution < 1.29 is 14.4 Å². The van der Waals surface area contributed by atoms with Gasteiger partial charge in [0.05, 0.1) is 12.5 Å². The van der Waals surface area contributed by atoms with Crippen LogP contribution in [0.25, 0.3) is 0 Å². The first-order valence-corrected chi connectivity index (χ1v) is 9.19. The van der Waals surface area contributed by atoms with Crippen LogP contribution in [-0.4, -0.2) is 55.0 Å². The number of carbonyl (C=O) groups is 3. The van der Waals surface area contributed by atoms with Crippen molar-refractivity contribution in [2.75, 3.05) is 26.2 Å². The van der Waals surface area contributed by atoms with Crippen LogP contribution in [0.1, 0.15) is 51.9 Å². The topological polar surface area (TPSA) is 90.5 Å². The molecule has 0 spiro atoms. The zero-order valence-electron chi connectivity index (χ0n) is 14.6. The lowest BCUT2D eigenvalue weighted by atomic mass is 9.93. The maximum atomic E-state index is 12.5. The van der Waals surface area contributed by atoms with E-state index in [2.05, 4.69) is 16.0 Å². The van der Waals surface area contributed by atoms with E-state index in [4.69, 9.17) is 0 Å². The molecule has 136 valence electrons. The number of hydrogen-bond donors (Lipinski definition) is 3. The number of rotatable bonds is 5. The minimum Gasteiger partial charge on any atom is -0.353 e. The zero-order chi connectivity index (χ0) is 17.4. The Bertz CT molecular complexity index is 449. The van der Waals surface area contributed by atoms with E-state index < -0.39 is 6.03 Å². The van der Waals surface area contributed by atoms with Gasteiger partial charge in [0, 0.05) is 19.1 Å². The number of imide groups is 1. The molecular formula is C17H30N4O3. The molecule has 7 nitrogen and oxygen atoms in total. The quantitative estimate of drug-likeness (QED) is 0.697. The lowest BCUT2D eigenvalue weighted by Gasteiger charge is -2.33. The Morgan fingerprint density at radius 3 is 2.50 bits per heavy atom. The summed E-state index contributed by atoms with van der Waals surface area (Å²) >= 11 is 0. The summed E-state index contributed by atoms with van der Waals surface area (Å²) in [5.41, 5.74) is 0. The zero-order valence-corrected chi connectivity index (χ0v) is 14.6. The van der Waals surface area contributed by atoms with Crippen molar-refractivity contribution in [3.63, 3.8) is 0 Å². The van der Waals surface area contributed by atoms with E-state index in [1.807, 2.05) is 4.90 Å². The van der Waals surface area contributed by atoms with Gasteiger partial charge in [-0.25, -0.2) is 4.79 Å². The maximum absolute atomic E-state index is 12.5. The molecule has 24 heavy (non-hydrogen) atoms. The van der Waals surface area contributed by atoms with E-state index in [1.54, 1.807) is 6.92 Å². The van der Waals surface area contributed by atoms with Crippen molar-refractivity contribution in [3.05, 3.63) is 0 Å². The average Bonchev–Trinajstić information content (AvgIpc) is 2.56. The first-order chi connectivity index (χ1) is 11.6. The summed E-state index contributed by atoms with van der Waals surface area (Å²) in [5.74, 6) is -0.261. The van der Waals surface area contributed by atoms with Gasteiger partial charge in [-0.05, 0) is 39.2 Å². The van der Waals surface area contributed by atoms with Crippen LogP contribution in [-0.2, 0) is 9.59 Å². The molecule has 1 saturated carbocycles. The summed E-state index contributed by atoms with van der Waals surface area (Å²) in [4.78, 5) is 37.7. The van der Waals surface area contributed by atoms with E-state index in [1.165, 1.54) is 19.3 Å². The smallest absolute Gasteiger partial charge is 0.321 e. The fourth-order valence-electron chi connectivity index (χ4n) is 3.55. The van der Waals surface area contributed by atoms with E-state index in [-0.39, 0.29) is 24.3 Å². The highest BCUT2D eigenvalue weighted by molar-refractivity contribution is 5.95. The van der Waals surface area contributed by atoms with Crippen LogP contribution >= 0.6 is 0 Å². The molecule has 1 atom stereocenters. The summed E-state index contributed by atoms with van der Waals surface area (Å²) in [5, 5.41) is 8.02. The predicted octanol–water partition coefficient (Wildman–Crippen LogP) is 0.993.